The number of hydrogen-bond acceptors (Lipinski definition) is 5. The van der Waals surface area contributed by atoms with E-state index in [9.17, 15) is 0 Å². The van der Waals surface area contributed by atoms with E-state index < -0.39 is 0 Å². The third-order valence-electron chi connectivity index (χ3n) is 2.38. The van der Waals surface area contributed by atoms with Crippen molar-refractivity contribution in [2.45, 2.75) is 5.88 Å². The van der Waals surface area contributed by atoms with Crippen LogP contribution in [0.15, 0.2) is 22.7 Å². The minimum Gasteiger partial charge on any atom is -0.486 e. The van der Waals surface area contributed by atoms with E-state index in [1.165, 1.54) is 0 Å². The van der Waals surface area contributed by atoms with Crippen molar-refractivity contribution in [1.29, 1.82) is 0 Å². The molecule has 1 aliphatic heterocycles. The molecular weight excluding hydrogens is 244 g/mol. The molecule has 2 aromatic rings. The zero-order valence-electron chi connectivity index (χ0n) is 8.85. The van der Waals surface area contributed by atoms with E-state index in [1.807, 2.05) is 18.2 Å². The Morgan fingerprint density at radius 3 is 2.76 bits per heavy atom. The molecular formula is C11H9ClN2O3. The van der Waals surface area contributed by atoms with Gasteiger partial charge < -0.3 is 14.0 Å². The van der Waals surface area contributed by atoms with E-state index in [-0.39, 0.29) is 5.88 Å². The predicted molar refractivity (Wildman–Crippen MR) is 60.3 cm³/mol. The van der Waals surface area contributed by atoms with Crippen LogP contribution in [0.2, 0.25) is 0 Å². The quantitative estimate of drug-likeness (QED) is 0.768. The minimum atomic E-state index is 0.230. The lowest BCUT2D eigenvalue weighted by Gasteiger charge is -2.18. The Morgan fingerprint density at radius 1 is 1.18 bits per heavy atom. The van der Waals surface area contributed by atoms with Crippen molar-refractivity contribution in [3.8, 4) is 23.0 Å². The van der Waals surface area contributed by atoms with Crippen LogP contribution >= 0.6 is 11.6 Å². The third kappa shape index (κ3) is 1.93. The first kappa shape index (κ1) is 10.4. The normalized spacial score (nSPS) is 13.7. The molecule has 17 heavy (non-hydrogen) atoms. The van der Waals surface area contributed by atoms with Crippen LogP contribution in [-0.4, -0.2) is 23.4 Å². The van der Waals surface area contributed by atoms with Crippen LogP contribution in [0.25, 0.3) is 11.5 Å². The van der Waals surface area contributed by atoms with Crippen molar-refractivity contribution in [2.24, 2.45) is 0 Å². The number of fused-ring (bicyclic) bond motifs is 1. The van der Waals surface area contributed by atoms with Crippen LogP contribution in [0.4, 0.5) is 0 Å². The number of alkyl halides is 1. The van der Waals surface area contributed by atoms with Gasteiger partial charge in [-0.25, -0.2) is 0 Å². The molecule has 3 rings (SSSR count). The first-order valence-electron chi connectivity index (χ1n) is 5.15. The van der Waals surface area contributed by atoms with Gasteiger partial charge in [-0.2, -0.15) is 4.98 Å². The average Bonchev–Trinajstić information content (AvgIpc) is 2.87. The number of halogens is 1. The molecule has 0 aliphatic carbocycles. The number of ether oxygens (including phenoxy) is 2. The number of benzene rings is 1. The SMILES string of the molecule is ClCc1noc(-c2ccc3c(c2)OCCO3)n1. The maximum absolute atomic E-state index is 5.61. The molecule has 1 aromatic carbocycles. The highest BCUT2D eigenvalue weighted by Gasteiger charge is 2.15. The molecule has 6 heteroatoms. The first-order valence-corrected chi connectivity index (χ1v) is 5.69. The summed E-state index contributed by atoms with van der Waals surface area (Å²) in [5.41, 5.74) is 0.790. The smallest absolute Gasteiger partial charge is 0.258 e. The van der Waals surface area contributed by atoms with Gasteiger partial charge in [0.2, 0.25) is 0 Å². The summed E-state index contributed by atoms with van der Waals surface area (Å²) in [6, 6.07) is 5.49. The molecule has 2 heterocycles. The Morgan fingerprint density at radius 2 is 2.00 bits per heavy atom. The van der Waals surface area contributed by atoms with Gasteiger partial charge in [0.1, 0.15) is 13.2 Å². The summed E-state index contributed by atoms with van der Waals surface area (Å²) in [5.74, 6) is 2.55. The van der Waals surface area contributed by atoms with E-state index in [4.69, 9.17) is 25.6 Å². The molecule has 0 spiro atoms. The molecule has 0 amide bonds. The lowest BCUT2D eigenvalue weighted by molar-refractivity contribution is 0.171. The summed E-state index contributed by atoms with van der Waals surface area (Å²) in [6.45, 7) is 1.12. The second-order valence-electron chi connectivity index (χ2n) is 3.51. The molecule has 0 saturated carbocycles. The molecule has 88 valence electrons. The van der Waals surface area contributed by atoms with E-state index in [2.05, 4.69) is 10.1 Å². The molecule has 0 radical (unpaired) electrons. The monoisotopic (exact) mass is 252 g/mol. The van der Waals surface area contributed by atoms with Gasteiger partial charge in [-0.05, 0) is 18.2 Å². The van der Waals surface area contributed by atoms with Gasteiger partial charge in [-0.1, -0.05) is 5.16 Å². The van der Waals surface area contributed by atoms with E-state index >= 15 is 0 Å². The maximum atomic E-state index is 5.61. The third-order valence-corrected chi connectivity index (χ3v) is 2.62. The Hall–Kier alpha value is -1.75. The highest BCUT2D eigenvalue weighted by atomic mass is 35.5. The predicted octanol–water partition coefficient (Wildman–Crippen LogP) is 2.25. The number of aromatic nitrogens is 2. The molecule has 0 bridgehead atoms. The lowest BCUT2D eigenvalue weighted by Crippen LogP contribution is -2.15. The van der Waals surface area contributed by atoms with Crippen LogP contribution in [0, 0.1) is 0 Å². The standard InChI is InChI=1S/C11H9ClN2O3/c12-6-10-13-11(17-14-10)7-1-2-8-9(5-7)16-4-3-15-8/h1-2,5H,3-4,6H2. The van der Waals surface area contributed by atoms with Crippen molar-refractivity contribution >= 4 is 11.6 Å². The Labute approximate surface area is 102 Å². The molecule has 5 nitrogen and oxygen atoms in total. The Bertz CT molecular complexity index is 541. The van der Waals surface area contributed by atoms with Gasteiger partial charge in [0.05, 0.1) is 5.88 Å². The summed E-state index contributed by atoms with van der Waals surface area (Å²) >= 11 is 5.61. The van der Waals surface area contributed by atoms with E-state index in [0.717, 1.165) is 11.3 Å². The topological polar surface area (TPSA) is 57.4 Å². The largest absolute Gasteiger partial charge is 0.486 e. The summed E-state index contributed by atoms with van der Waals surface area (Å²) in [5, 5.41) is 3.73. The Kier molecular flexibility index (Phi) is 2.60. The van der Waals surface area contributed by atoms with Crippen LogP contribution in [0.5, 0.6) is 11.5 Å². The fourth-order valence-corrected chi connectivity index (χ4v) is 1.71. The molecule has 1 aliphatic rings. The highest BCUT2D eigenvalue weighted by molar-refractivity contribution is 6.16. The van der Waals surface area contributed by atoms with Gasteiger partial charge in [0.15, 0.2) is 17.3 Å². The second-order valence-corrected chi connectivity index (χ2v) is 3.78. The summed E-state index contributed by atoms with van der Waals surface area (Å²) < 4.78 is 16.0. The number of hydrogen-bond donors (Lipinski definition) is 0. The average molecular weight is 253 g/mol. The molecule has 0 unspecified atom stereocenters. The highest BCUT2D eigenvalue weighted by Crippen LogP contribution is 2.33. The van der Waals surface area contributed by atoms with Crippen molar-refractivity contribution in [3.63, 3.8) is 0 Å². The first-order chi connectivity index (χ1) is 8.36. The van der Waals surface area contributed by atoms with Gasteiger partial charge in [-0.3, -0.25) is 0 Å². The second kappa shape index (κ2) is 4.25. The van der Waals surface area contributed by atoms with Crippen molar-refractivity contribution in [3.05, 3.63) is 24.0 Å². The Balaban J connectivity index is 1.97. The zero-order valence-corrected chi connectivity index (χ0v) is 9.61. The van der Waals surface area contributed by atoms with E-state index in [0.29, 0.717) is 30.7 Å². The minimum absolute atomic E-state index is 0.230. The van der Waals surface area contributed by atoms with Gasteiger partial charge in [0, 0.05) is 5.56 Å². The van der Waals surface area contributed by atoms with Gasteiger partial charge >= 0.3 is 0 Å². The molecule has 1 aromatic heterocycles. The van der Waals surface area contributed by atoms with Crippen molar-refractivity contribution in [1.82, 2.24) is 10.1 Å². The summed E-state index contributed by atoms with van der Waals surface area (Å²) in [6.07, 6.45) is 0. The molecule has 0 atom stereocenters. The molecule has 0 saturated heterocycles. The van der Waals surface area contributed by atoms with Crippen LogP contribution in [0.1, 0.15) is 5.82 Å². The van der Waals surface area contributed by atoms with Crippen LogP contribution in [-0.2, 0) is 5.88 Å². The fraction of sp³-hybridized carbons (Fsp3) is 0.273. The number of nitrogens with zero attached hydrogens (tertiary/aromatic N) is 2. The fourth-order valence-electron chi connectivity index (χ4n) is 1.60. The van der Waals surface area contributed by atoms with Crippen LogP contribution < -0.4 is 9.47 Å². The zero-order chi connectivity index (χ0) is 11.7. The summed E-state index contributed by atoms with van der Waals surface area (Å²) in [4.78, 5) is 4.14. The van der Waals surface area contributed by atoms with Gasteiger partial charge in [0.25, 0.3) is 5.89 Å². The van der Waals surface area contributed by atoms with Crippen LogP contribution in [0.3, 0.4) is 0 Å². The van der Waals surface area contributed by atoms with E-state index in [1.54, 1.807) is 0 Å². The van der Waals surface area contributed by atoms with Crippen molar-refractivity contribution < 1.29 is 14.0 Å². The van der Waals surface area contributed by atoms with Crippen molar-refractivity contribution in [2.75, 3.05) is 13.2 Å². The summed E-state index contributed by atoms with van der Waals surface area (Å²) in [7, 11) is 0. The molecule has 0 N–H and O–H groups in total. The number of rotatable bonds is 2. The molecule has 0 fully saturated rings. The lowest BCUT2D eigenvalue weighted by atomic mass is 10.2. The maximum Gasteiger partial charge on any atom is 0.258 e. The van der Waals surface area contributed by atoms with Gasteiger partial charge in [-0.15, -0.1) is 11.6 Å².